The number of dihydropyridines is 2. The number of rotatable bonds is 5. The summed E-state index contributed by atoms with van der Waals surface area (Å²) in [6, 6.07) is 28.2. The van der Waals surface area contributed by atoms with Crippen LogP contribution in [0, 0.1) is 5.92 Å². The van der Waals surface area contributed by atoms with Crippen LogP contribution in [0.5, 0.6) is 0 Å². The van der Waals surface area contributed by atoms with Crippen LogP contribution in [-0.2, 0) is 0 Å². The fraction of sp³-hybridized carbons (Fsp3) is 0.167. The zero-order valence-electron chi connectivity index (χ0n) is 26.2. The number of hydrogen-bond acceptors (Lipinski definition) is 4. The topological polar surface area (TPSA) is 50.2 Å². The molecule has 0 radical (unpaired) electrons. The molecule has 3 aliphatic rings. The average Bonchev–Trinajstić information content (AvgIpc) is 3.12. The highest BCUT2D eigenvalue weighted by molar-refractivity contribution is 6.06. The van der Waals surface area contributed by atoms with Crippen molar-refractivity contribution >= 4 is 34.7 Å². The van der Waals surface area contributed by atoms with Crippen molar-refractivity contribution in [3.63, 3.8) is 0 Å². The van der Waals surface area contributed by atoms with E-state index in [9.17, 15) is 0 Å². The summed E-state index contributed by atoms with van der Waals surface area (Å²) in [5.41, 5.74) is 10.3. The standard InChI is InChI=1S/C42H36N4/c1-27-14-17-33-35(24-27)42(32-19-21-40(46-28(32)2)38-13-7-9-23-44-38)34-18-15-30(29-10-4-3-5-11-29)25-36(34)41(33)31-16-20-39(45-26-31)37-12-6-8-22-43-37/h3-12,15-28,38,46H,13-14H2,1-2H3. The second-order valence-corrected chi connectivity index (χ2v) is 12.5. The van der Waals surface area contributed by atoms with E-state index in [4.69, 9.17) is 9.98 Å². The van der Waals surface area contributed by atoms with E-state index in [1.165, 1.54) is 54.7 Å². The number of hydrogen-bond donors (Lipinski definition) is 1. The van der Waals surface area contributed by atoms with Gasteiger partial charge in [0.15, 0.2) is 0 Å². The Morgan fingerprint density at radius 1 is 0.717 bits per heavy atom. The van der Waals surface area contributed by atoms with Crippen LogP contribution >= 0.6 is 0 Å². The van der Waals surface area contributed by atoms with Crippen LogP contribution in [-0.4, -0.2) is 28.3 Å². The molecule has 4 nitrogen and oxygen atoms in total. The van der Waals surface area contributed by atoms with Crippen LogP contribution in [0.2, 0.25) is 0 Å². The highest BCUT2D eigenvalue weighted by Crippen LogP contribution is 2.36. The molecule has 4 heteroatoms. The van der Waals surface area contributed by atoms with E-state index < -0.39 is 0 Å². The fourth-order valence-electron chi connectivity index (χ4n) is 7.11. The van der Waals surface area contributed by atoms with Gasteiger partial charge in [-0.05, 0) is 111 Å². The van der Waals surface area contributed by atoms with Crippen LogP contribution < -0.4 is 15.8 Å². The number of allylic oxidation sites excluding steroid dienone is 3. The first-order valence-corrected chi connectivity index (χ1v) is 16.3. The maximum absolute atomic E-state index is 4.92. The Balaban J connectivity index is 1.38. The number of aromatic nitrogens is 2. The molecular formula is C42H36N4. The number of pyridine rings is 2. The molecule has 3 atom stereocenters. The molecule has 0 saturated carbocycles. The van der Waals surface area contributed by atoms with Crippen LogP contribution in [0.1, 0.15) is 32.3 Å². The molecule has 0 saturated heterocycles. The van der Waals surface area contributed by atoms with Gasteiger partial charge in [0.25, 0.3) is 0 Å². The Hall–Kier alpha value is -5.35. The second kappa shape index (κ2) is 11.9. The number of nitrogens with zero attached hydrogens (tertiary/aromatic N) is 3. The molecule has 224 valence electrons. The van der Waals surface area contributed by atoms with E-state index in [1.54, 1.807) is 0 Å². The minimum Gasteiger partial charge on any atom is -0.380 e. The third-order valence-corrected chi connectivity index (χ3v) is 9.41. The first-order valence-electron chi connectivity index (χ1n) is 16.3. The summed E-state index contributed by atoms with van der Waals surface area (Å²) < 4.78 is 0. The highest BCUT2D eigenvalue weighted by atomic mass is 15.0. The first-order chi connectivity index (χ1) is 22.6. The molecule has 3 aromatic carbocycles. The molecule has 0 fully saturated rings. The molecule has 0 amide bonds. The molecule has 5 aromatic rings. The second-order valence-electron chi connectivity index (χ2n) is 12.5. The normalized spacial score (nSPS) is 20.2. The summed E-state index contributed by atoms with van der Waals surface area (Å²) in [6.45, 7) is 4.60. The number of nitrogens with one attached hydrogen (secondary N) is 1. The Morgan fingerprint density at radius 2 is 1.57 bits per heavy atom. The number of fused-ring (bicyclic) bond motifs is 2. The van der Waals surface area contributed by atoms with Gasteiger partial charge in [0.2, 0.25) is 0 Å². The van der Waals surface area contributed by atoms with E-state index in [0.29, 0.717) is 5.92 Å². The summed E-state index contributed by atoms with van der Waals surface area (Å²) in [4.78, 5) is 14.2. The fourth-order valence-corrected chi connectivity index (χ4v) is 7.11. The van der Waals surface area contributed by atoms with E-state index in [0.717, 1.165) is 29.8 Å². The Kier molecular flexibility index (Phi) is 7.26. The van der Waals surface area contributed by atoms with Crippen molar-refractivity contribution in [3.05, 3.63) is 137 Å². The minimum absolute atomic E-state index is 0.137. The third kappa shape index (κ3) is 5.10. The van der Waals surface area contributed by atoms with Gasteiger partial charge < -0.3 is 5.32 Å². The molecule has 2 aromatic heterocycles. The van der Waals surface area contributed by atoms with Gasteiger partial charge in [-0.25, -0.2) is 0 Å². The molecule has 8 rings (SSSR count). The van der Waals surface area contributed by atoms with Crippen molar-refractivity contribution in [2.24, 2.45) is 10.9 Å². The zero-order valence-corrected chi connectivity index (χ0v) is 26.2. The summed E-state index contributed by atoms with van der Waals surface area (Å²) in [6.07, 6.45) is 21.4. The predicted molar refractivity (Wildman–Crippen MR) is 193 cm³/mol. The van der Waals surface area contributed by atoms with Crippen LogP contribution in [0.4, 0.5) is 0 Å². The summed E-state index contributed by atoms with van der Waals surface area (Å²) in [5, 5.41) is 8.94. The summed E-state index contributed by atoms with van der Waals surface area (Å²) >= 11 is 0. The molecule has 1 aliphatic carbocycles. The smallest absolute Gasteiger partial charge is 0.0928 e. The maximum Gasteiger partial charge on any atom is 0.0928 e. The molecular weight excluding hydrogens is 560 g/mol. The largest absolute Gasteiger partial charge is 0.380 e. The van der Waals surface area contributed by atoms with Crippen molar-refractivity contribution in [3.8, 4) is 33.6 Å². The lowest BCUT2D eigenvalue weighted by Crippen LogP contribution is -2.39. The van der Waals surface area contributed by atoms with Gasteiger partial charge in [0.05, 0.1) is 17.4 Å². The molecule has 0 bridgehead atoms. The third-order valence-electron chi connectivity index (χ3n) is 9.41. The van der Waals surface area contributed by atoms with E-state index in [1.807, 2.05) is 42.9 Å². The Labute approximate surface area is 270 Å². The van der Waals surface area contributed by atoms with Crippen molar-refractivity contribution in [2.75, 3.05) is 0 Å². The minimum atomic E-state index is 0.137. The van der Waals surface area contributed by atoms with Crippen LogP contribution in [0.3, 0.4) is 0 Å². The van der Waals surface area contributed by atoms with Gasteiger partial charge in [0, 0.05) is 35.9 Å². The van der Waals surface area contributed by atoms with Gasteiger partial charge in [0.1, 0.15) is 0 Å². The van der Waals surface area contributed by atoms with E-state index >= 15 is 0 Å². The molecule has 2 aliphatic heterocycles. The number of benzene rings is 3. The highest BCUT2D eigenvalue weighted by Gasteiger charge is 2.25. The quantitative estimate of drug-likeness (QED) is 0.225. The van der Waals surface area contributed by atoms with Gasteiger partial charge >= 0.3 is 0 Å². The first kappa shape index (κ1) is 28.1. The summed E-state index contributed by atoms with van der Waals surface area (Å²) in [5.74, 6) is 0.451. The zero-order chi connectivity index (χ0) is 31.0. The maximum atomic E-state index is 4.92. The van der Waals surface area contributed by atoms with Crippen molar-refractivity contribution in [1.82, 2.24) is 15.3 Å². The van der Waals surface area contributed by atoms with Crippen molar-refractivity contribution < 1.29 is 0 Å². The van der Waals surface area contributed by atoms with Gasteiger partial charge in [-0.15, -0.1) is 0 Å². The predicted octanol–water partition coefficient (Wildman–Crippen LogP) is 7.89. The lowest BCUT2D eigenvalue weighted by atomic mass is 9.82. The monoisotopic (exact) mass is 596 g/mol. The molecule has 0 spiro atoms. The molecule has 4 heterocycles. The van der Waals surface area contributed by atoms with Crippen LogP contribution in [0.25, 0.3) is 62.1 Å². The lowest BCUT2D eigenvalue weighted by Gasteiger charge is -2.30. The SMILES string of the molecule is CC1C=c2c(C3=CC=C(C4CC=CC=N4)NC3C)c3ccc(-c4ccccc4)cc3c(-c3ccc(-c4ccccn4)nc3)c2=CC1. The van der Waals surface area contributed by atoms with Crippen molar-refractivity contribution in [1.29, 1.82) is 0 Å². The Morgan fingerprint density at radius 3 is 2.33 bits per heavy atom. The molecule has 3 unspecified atom stereocenters. The molecule has 46 heavy (non-hydrogen) atoms. The van der Waals surface area contributed by atoms with E-state index in [-0.39, 0.29) is 12.1 Å². The number of aliphatic imine (C=N–C) groups is 1. The van der Waals surface area contributed by atoms with E-state index in [2.05, 4.69) is 115 Å². The average molecular weight is 597 g/mol. The molecule has 1 N–H and O–H groups in total. The summed E-state index contributed by atoms with van der Waals surface area (Å²) in [7, 11) is 0. The van der Waals surface area contributed by atoms with Crippen molar-refractivity contribution in [2.45, 2.75) is 38.8 Å². The van der Waals surface area contributed by atoms with Gasteiger partial charge in [-0.2, -0.15) is 0 Å². The van der Waals surface area contributed by atoms with Gasteiger partial charge in [-0.3, -0.25) is 15.0 Å². The van der Waals surface area contributed by atoms with Crippen LogP contribution in [0.15, 0.2) is 126 Å². The lowest BCUT2D eigenvalue weighted by molar-refractivity contribution is 0.639. The van der Waals surface area contributed by atoms with Gasteiger partial charge in [-0.1, -0.05) is 85.8 Å². The Bertz CT molecular complexity index is 2190.